The van der Waals surface area contributed by atoms with E-state index in [-0.39, 0.29) is 23.7 Å². The minimum atomic E-state index is -0.300. The number of likely N-dealkylation sites (tertiary alicyclic amines) is 1. The Bertz CT molecular complexity index is 912. The maximum absolute atomic E-state index is 13.4. The molecule has 0 aromatic heterocycles. The minimum absolute atomic E-state index is 0.0810. The molecule has 0 N–H and O–H groups in total. The molecule has 2 aliphatic heterocycles. The Hall–Kier alpha value is -2.57. The lowest BCUT2D eigenvalue weighted by Gasteiger charge is -2.30. The molecule has 0 radical (unpaired) electrons. The van der Waals surface area contributed by atoms with Crippen LogP contribution in [0.15, 0.2) is 48.5 Å². The van der Waals surface area contributed by atoms with Crippen LogP contribution in [-0.4, -0.2) is 68.1 Å². The van der Waals surface area contributed by atoms with Crippen molar-refractivity contribution in [1.82, 2.24) is 9.80 Å². The Kier molecular flexibility index (Phi) is 6.25. The number of hydrogen-bond donors (Lipinski definition) is 0. The van der Waals surface area contributed by atoms with E-state index in [4.69, 9.17) is 21.1 Å². The molecular formula is C23H25ClN2O4. The van der Waals surface area contributed by atoms with Gasteiger partial charge in [-0.05, 0) is 42.0 Å². The van der Waals surface area contributed by atoms with E-state index in [1.54, 1.807) is 36.3 Å². The van der Waals surface area contributed by atoms with Crippen LogP contribution in [0.2, 0.25) is 5.02 Å². The van der Waals surface area contributed by atoms with Gasteiger partial charge in [0.2, 0.25) is 5.91 Å². The minimum Gasteiger partial charge on any atom is -0.497 e. The van der Waals surface area contributed by atoms with E-state index in [0.717, 1.165) is 11.3 Å². The van der Waals surface area contributed by atoms with Gasteiger partial charge in [0.15, 0.2) is 0 Å². The number of halogens is 1. The smallest absolute Gasteiger partial charge is 0.253 e. The SMILES string of the molecule is COc1cccc([C@H]2CN(C(=O)c3ccc(Cl)cc3)C[C@H]2C(=O)N2CCOCC2)c1. The molecule has 2 aromatic carbocycles. The highest BCUT2D eigenvalue weighted by Gasteiger charge is 2.42. The maximum Gasteiger partial charge on any atom is 0.253 e. The number of amides is 2. The van der Waals surface area contributed by atoms with Crippen molar-refractivity contribution in [2.75, 3.05) is 46.5 Å². The number of methoxy groups -OCH3 is 1. The Morgan fingerprint density at radius 3 is 2.47 bits per heavy atom. The average molecular weight is 429 g/mol. The summed E-state index contributed by atoms with van der Waals surface area (Å²) in [5.74, 6) is 0.347. The molecule has 2 fully saturated rings. The zero-order valence-corrected chi connectivity index (χ0v) is 17.7. The highest BCUT2D eigenvalue weighted by atomic mass is 35.5. The van der Waals surface area contributed by atoms with Gasteiger partial charge in [0.25, 0.3) is 5.91 Å². The first-order valence-corrected chi connectivity index (χ1v) is 10.5. The van der Waals surface area contributed by atoms with Crippen LogP contribution in [0.1, 0.15) is 21.8 Å². The van der Waals surface area contributed by atoms with Crippen LogP contribution in [0.25, 0.3) is 0 Å². The summed E-state index contributed by atoms with van der Waals surface area (Å²) in [6, 6.07) is 14.6. The monoisotopic (exact) mass is 428 g/mol. The number of benzene rings is 2. The number of rotatable bonds is 4. The molecule has 0 unspecified atom stereocenters. The summed E-state index contributed by atoms with van der Waals surface area (Å²) in [6.07, 6.45) is 0. The fourth-order valence-electron chi connectivity index (χ4n) is 4.22. The fraction of sp³-hybridized carbons (Fsp3) is 0.391. The standard InChI is InChI=1S/C23H25ClN2O4/c1-29-19-4-2-3-17(13-19)20-14-26(22(27)16-5-7-18(24)8-6-16)15-21(20)23(28)25-9-11-30-12-10-25/h2-8,13,20-21H,9-12,14-15H2,1H3/t20-,21-/m1/s1. The van der Waals surface area contributed by atoms with Gasteiger partial charge in [-0.2, -0.15) is 0 Å². The van der Waals surface area contributed by atoms with Gasteiger partial charge in [-0.1, -0.05) is 23.7 Å². The van der Waals surface area contributed by atoms with E-state index >= 15 is 0 Å². The Morgan fingerprint density at radius 2 is 1.77 bits per heavy atom. The molecule has 2 saturated heterocycles. The summed E-state index contributed by atoms with van der Waals surface area (Å²) in [4.78, 5) is 30.1. The van der Waals surface area contributed by atoms with Gasteiger partial charge < -0.3 is 19.3 Å². The van der Waals surface area contributed by atoms with Gasteiger partial charge in [0, 0.05) is 42.7 Å². The first-order valence-electron chi connectivity index (χ1n) is 10.1. The van der Waals surface area contributed by atoms with Gasteiger partial charge in [0.05, 0.1) is 26.2 Å². The lowest BCUT2D eigenvalue weighted by Crippen LogP contribution is -2.45. The molecule has 2 aromatic rings. The van der Waals surface area contributed by atoms with Crippen molar-refractivity contribution in [3.63, 3.8) is 0 Å². The molecule has 2 atom stereocenters. The van der Waals surface area contributed by atoms with E-state index in [0.29, 0.717) is 50.0 Å². The molecule has 6 nitrogen and oxygen atoms in total. The second-order valence-electron chi connectivity index (χ2n) is 7.64. The molecule has 2 aliphatic rings. The van der Waals surface area contributed by atoms with Crippen molar-refractivity contribution in [1.29, 1.82) is 0 Å². The summed E-state index contributed by atoms with van der Waals surface area (Å²) in [5, 5.41) is 0.586. The van der Waals surface area contributed by atoms with E-state index < -0.39 is 0 Å². The van der Waals surface area contributed by atoms with Gasteiger partial charge in [-0.15, -0.1) is 0 Å². The van der Waals surface area contributed by atoms with Crippen molar-refractivity contribution in [3.05, 3.63) is 64.7 Å². The third-order valence-electron chi connectivity index (χ3n) is 5.86. The zero-order chi connectivity index (χ0) is 21.1. The summed E-state index contributed by atoms with van der Waals surface area (Å²) >= 11 is 5.96. The maximum atomic E-state index is 13.4. The summed E-state index contributed by atoms with van der Waals surface area (Å²) in [5.41, 5.74) is 1.58. The van der Waals surface area contributed by atoms with Crippen LogP contribution in [-0.2, 0) is 9.53 Å². The van der Waals surface area contributed by atoms with Crippen molar-refractivity contribution in [2.24, 2.45) is 5.92 Å². The molecule has 7 heteroatoms. The van der Waals surface area contributed by atoms with E-state index in [1.807, 2.05) is 29.2 Å². The number of carbonyl (C=O) groups excluding carboxylic acids is 2. The third kappa shape index (κ3) is 4.30. The average Bonchev–Trinajstić information content (AvgIpc) is 3.25. The first-order chi connectivity index (χ1) is 14.6. The quantitative estimate of drug-likeness (QED) is 0.751. The fourth-order valence-corrected chi connectivity index (χ4v) is 4.35. The van der Waals surface area contributed by atoms with Crippen molar-refractivity contribution in [2.45, 2.75) is 5.92 Å². The number of hydrogen-bond acceptors (Lipinski definition) is 4. The molecule has 30 heavy (non-hydrogen) atoms. The highest BCUT2D eigenvalue weighted by molar-refractivity contribution is 6.30. The Labute approximate surface area is 181 Å². The zero-order valence-electron chi connectivity index (χ0n) is 16.9. The van der Waals surface area contributed by atoms with Crippen molar-refractivity contribution in [3.8, 4) is 5.75 Å². The van der Waals surface area contributed by atoms with Crippen LogP contribution >= 0.6 is 11.6 Å². The van der Waals surface area contributed by atoms with Crippen LogP contribution in [0.5, 0.6) is 5.75 Å². The molecule has 2 amide bonds. The molecule has 0 bridgehead atoms. The second kappa shape index (κ2) is 9.06. The Balaban J connectivity index is 1.61. The first kappa shape index (κ1) is 20.7. The lowest BCUT2D eigenvalue weighted by molar-refractivity contribution is -0.139. The van der Waals surface area contributed by atoms with Crippen molar-refractivity contribution >= 4 is 23.4 Å². The van der Waals surface area contributed by atoms with E-state index in [9.17, 15) is 9.59 Å². The molecular weight excluding hydrogens is 404 g/mol. The summed E-state index contributed by atoms with van der Waals surface area (Å²) in [7, 11) is 1.63. The van der Waals surface area contributed by atoms with Gasteiger partial charge >= 0.3 is 0 Å². The molecule has 4 rings (SSSR count). The number of morpholine rings is 1. The molecule has 0 spiro atoms. The lowest BCUT2D eigenvalue weighted by atomic mass is 9.87. The highest BCUT2D eigenvalue weighted by Crippen LogP contribution is 2.36. The molecule has 158 valence electrons. The molecule has 0 aliphatic carbocycles. The molecule has 2 heterocycles. The number of ether oxygens (including phenoxy) is 2. The summed E-state index contributed by atoms with van der Waals surface area (Å²) in [6.45, 7) is 3.15. The van der Waals surface area contributed by atoms with E-state index in [1.165, 1.54) is 0 Å². The largest absolute Gasteiger partial charge is 0.497 e. The number of carbonyl (C=O) groups is 2. The third-order valence-corrected chi connectivity index (χ3v) is 6.11. The predicted octanol–water partition coefficient (Wildman–Crippen LogP) is 3.06. The second-order valence-corrected chi connectivity index (χ2v) is 8.08. The van der Waals surface area contributed by atoms with Crippen LogP contribution < -0.4 is 4.74 Å². The van der Waals surface area contributed by atoms with Crippen LogP contribution in [0.4, 0.5) is 0 Å². The van der Waals surface area contributed by atoms with Gasteiger partial charge in [0.1, 0.15) is 5.75 Å². The van der Waals surface area contributed by atoms with E-state index in [2.05, 4.69) is 0 Å². The van der Waals surface area contributed by atoms with Gasteiger partial charge in [-0.3, -0.25) is 9.59 Å². The normalized spacial score (nSPS) is 21.5. The summed E-state index contributed by atoms with van der Waals surface area (Å²) < 4.78 is 10.8. The van der Waals surface area contributed by atoms with Gasteiger partial charge in [-0.25, -0.2) is 0 Å². The topological polar surface area (TPSA) is 59.1 Å². The van der Waals surface area contributed by atoms with Crippen LogP contribution in [0, 0.1) is 5.92 Å². The van der Waals surface area contributed by atoms with Crippen LogP contribution in [0.3, 0.4) is 0 Å². The Morgan fingerprint density at radius 1 is 1.03 bits per heavy atom. The number of nitrogens with zero attached hydrogens (tertiary/aromatic N) is 2. The predicted molar refractivity (Wildman–Crippen MR) is 114 cm³/mol. The van der Waals surface area contributed by atoms with Crippen molar-refractivity contribution < 1.29 is 19.1 Å². The molecule has 0 saturated carbocycles.